The minimum Gasteiger partial charge on any atom is -0.325 e. The summed E-state index contributed by atoms with van der Waals surface area (Å²) >= 11 is 4.77. The molecule has 1 aliphatic rings. The number of benzene rings is 1. The maximum Gasteiger partial charge on any atom is 0.329 e. The summed E-state index contributed by atoms with van der Waals surface area (Å²) in [6.45, 7) is 1.60. The highest BCUT2D eigenvalue weighted by Gasteiger charge is 2.34. The van der Waals surface area contributed by atoms with Crippen molar-refractivity contribution < 1.29 is 14.4 Å². The lowest BCUT2D eigenvalue weighted by Gasteiger charge is -2.12. The number of urea groups is 1. The maximum atomic E-state index is 12.3. The maximum absolute atomic E-state index is 12.3. The molecule has 0 atom stereocenters. The summed E-state index contributed by atoms with van der Waals surface area (Å²) in [6, 6.07) is 8.49. The number of hydrogen-bond acceptors (Lipinski definition) is 4. The molecule has 1 aliphatic heterocycles. The molecule has 0 radical (unpaired) electrons. The predicted octanol–water partition coefficient (Wildman–Crippen LogP) is 3.35. The fourth-order valence-corrected chi connectivity index (χ4v) is 3.62. The predicted molar refractivity (Wildman–Crippen MR) is 100 cm³/mol. The van der Waals surface area contributed by atoms with Crippen molar-refractivity contribution in [3.63, 3.8) is 0 Å². The number of halogens is 1. The summed E-state index contributed by atoms with van der Waals surface area (Å²) in [7, 11) is 0. The van der Waals surface area contributed by atoms with Crippen LogP contribution in [0.1, 0.15) is 10.4 Å². The third kappa shape index (κ3) is 4.15. The summed E-state index contributed by atoms with van der Waals surface area (Å²) in [6.07, 6.45) is 1.59. The molecule has 2 heterocycles. The quantitative estimate of drug-likeness (QED) is 0.588. The second-order valence-electron chi connectivity index (χ2n) is 5.46. The van der Waals surface area contributed by atoms with Gasteiger partial charge in [0.2, 0.25) is 5.91 Å². The zero-order valence-corrected chi connectivity index (χ0v) is 15.6. The van der Waals surface area contributed by atoms with Gasteiger partial charge in [-0.25, -0.2) is 9.69 Å². The van der Waals surface area contributed by atoms with E-state index in [9.17, 15) is 14.4 Å². The number of rotatable bonds is 4. The number of carbonyl (C=O) groups is 3. The van der Waals surface area contributed by atoms with E-state index >= 15 is 0 Å². The molecule has 6 nitrogen and oxygen atoms in total. The number of nitrogens with zero attached hydrogens (tertiary/aromatic N) is 1. The van der Waals surface area contributed by atoms with Crippen molar-refractivity contribution in [3.05, 3.63) is 56.3 Å². The molecule has 0 bridgehead atoms. The highest BCUT2D eigenvalue weighted by atomic mass is 79.9. The Hall–Kier alpha value is -2.45. The van der Waals surface area contributed by atoms with Gasteiger partial charge in [-0.15, -0.1) is 11.3 Å². The molecule has 1 saturated heterocycles. The number of nitrogens with one attached hydrogen (secondary N) is 2. The molecule has 0 unspecified atom stereocenters. The molecule has 0 spiro atoms. The first-order valence-electron chi connectivity index (χ1n) is 7.37. The molecule has 2 aromatic rings. The number of anilines is 1. The van der Waals surface area contributed by atoms with E-state index in [0.29, 0.717) is 5.69 Å². The van der Waals surface area contributed by atoms with Crippen LogP contribution in [0.25, 0.3) is 6.08 Å². The first-order valence-corrected chi connectivity index (χ1v) is 9.05. The summed E-state index contributed by atoms with van der Waals surface area (Å²) < 4.78 is 0.899. The van der Waals surface area contributed by atoms with Crippen LogP contribution in [0.3, 0.4) is 0 Å². The Balaban J connectivity index is 1.67. The Morgan fingerprint density at radius 1 is 1.32 bits per heavy atom. The van der Waals surface area contributed by atoms with Gasteiger partial charge in [0.25, 0.3) is 5.91 Å². The van der Waals surface area contributed by atoms with Crippen molar-refractivity contribution >= 4 is 56.9 Å². The molecular weight excluding hydrogens is 406 g/mol. The lowest BCUT2D eigenvalue weighted by molar-refractivity contribution is -0.127. The van der Waals surface area contributed by atoms with Crippen molar-refractivity contribution in [2.75, 3.05) is 11.9 Å². The Kier molecular flexibility index (Phi) is 5.00. The zero-order valence-electron chi connectivity index (χ0n) is 13.2. The lowest BCUT2D eigenvalue weighted by atomic mass is 10.2. The van der Waals surface area contributed by atoms with Crippen molar-refractivity contribution in [1.82, 2.24) is 10.2 Å². The minimum atomic E-state index is -0.606. The second kappa shape index (κ2) is 7.20. The summed E-state index contributed by atoms with van der Waals surface area (Å²) in [4.78, 5) is 38.1. The number of hydrogen-bond donors (Lipinski definition) is 2. The van der Waals surface area contributed by atoms with E-state index < -0.39 is 17.8 Å². The van der Waals surface area contributed by atoms with Gasteiger partial charge in [-0.1, -0.05) is 17.7 Å². The van der Waals surface area contributed by atoms with Gasteiger partial charge in [0, 0.05) is 20.4 Å². The van der Waals surface area contributed by atoms with Gasteiger partial charge in [0.15, 0.2) is 0 Å². The van der Waals surface area contributed by atoms with Gasteiger partial charge in [0.05, 0.1) is 0 Å². The normalized spacial score (nSPS) is 15.6. The Bertz CT molecular complexity index is 874. The minimum absolute atomic E-state index is 0.155. The first kappa shape index (κ1) is 17.4. The van der Waals surface area contributed by atoms with Crippen molar-refractivity contribution in [1.29, 1.82) is 0 Å². The molecule has 2 N–H and O–H groups in total. The molecule has 0 saturated carbocycles. The van der Waals surface area contributed by atoms with Crippen LogP contribution in [0.2, 0.25) is 0 Å². The molecule has 1 aromatic carbocycles. The molecule has 8 heteroatoms. The molecule has 128 valence electrons. The molecule has 0 aliphatic carbocycles. The number of aryl methyl sites for hydroxylation is 1. The average Bonchev–Trinajstić information content (AvgIpc) is 3.08. The van der Waals surface area contributed by atoms with Crippen LogP contribution in [0.5, 0.6) is 0 Å². The molecular formula is C17H14BrN3O3S. The number of imide groups is 1. The van der Waals surface area contributed by atoms with E-state index in [4.69, 9.17) is 0 Å². The fraction of sp³-hybridized carbons (Fsp3) is 0.118. The van der Waals surface area contributed by atoms with E-state index in [1.165, 1.54) is 11.3 Å². The van der Waals surface area contributed by atoms with Gasteiger partial charge >= 0.3 is 6.03 Å². The Labute approximate surface area is 156 Å². The van der Waals surface area contributed by atoms with Gasteiger partial charge in [-0.05, 0) is 47.1 Å². The topological polar surface area (TPSA) is 78.5 Å². The van der Waals surface area contributed by atoms with Gasteiger partial charge in [0.1, 0.15) is 12.2 Å². The number of thiophene rings is 1. The summed E-state index contributed by atoms with van der Waals surface area (Å²) in [5, 5.41) is 7.04. The standard InChI is InChI=1S/C17H14BrN3O3S/c1-10-2-4-12(5-3-10)19-15(22)8-21-16(23)14(20-17(21)24)7-13-6-11(18)9-25-13/h2-7,9H,8H2,1H3,(H,19,22)(H,20,24)/b14-7+. The van der Waals surface area contributed by atoms with Crippen LogP contribution >= 0.6 is 27.3 Å². The fourth-order valence-electron chi connectivity index (χ4n) is 2.24. The molecule has 1 aromatic heterocycles. The third-order valence-corrected chi connectivity index (χ3v) is 5.11. The molecule has 4 amide bonds. The van der Waals surface area contributed by atoms with Crippen molar-refractivity contribution in [2.24, 2.45) is 0 Å². The zero-order chi connectivity index (χ0) is 18.0. The van der Waals surface area contributed by atoms with E-state index in [-0.39, 0.29) is 12.2 Å². The summed E-state index contributed by atoms with van der Waals surface area (Å²) in [5.74, 6) is -0.957. The molecule has 1 fully saturated rings. The average molecular weight is 420 g/mol. The van der Waals surface area contributed by atoms with Crippen molar-refractivity contribution in [2.45, 2.75) is 6.92 Å². The van der Waals surface area contributed by atoms with Gasteiger partial charge < -0.3 is 10.6 Å². The lowest BCUT2D eigenvalue weighted by Crippen LogP contribution is -2.38. The van der Waals surface area contributed by atoms with Gasteiger partial charge in [-0.2, -0.15) is 0 Å². The highest BCUT2D eigenvalue weighted by molar-refractivity contribution is 9.10. The van der Waals surface area contributed by atoms with Crippen LogP contribution in [0.4, 0.5) is 10.5 Å². The van der Waals surface area contributed by atoms with Gasteiger partial charge in [-0.3, -0.25) is 9.59 Å². The van der Waals surface area contributed by atoms with Crippen LogP contribution in [0, 0.1) is 6.92 Å². The van der Waals surface area contributed by atoms with Crippen LogP contribution in [-0.4, -0.2) is 29.3 Å². The first-order chi connectivity index (χ1) is 11.9. The largest absolute Gasteiger partial charge is 0.329 e. The van der Waals surface area contributed by atoms with E-state index in [1.807, 2.05) is 30.5 Å². The Morgan fingerprint density at radius 3 is 2.68 bits per heavy atom. The van der Waals surface area contributed by atoms with E-state index in [0.717, 1.165) is 19.8 Å². The highest BCUT2D eigenvalue weighted by Crippen LogP contribution is 2.23. The smallest absolute Gasteiger partial charge is 0.325 e. The van der Waals surface area contributed by atoms with Crippen LogP contribution < -0.4 is 10.6 Å². The van der Waals surface area contributed by atoms with E-state index in [2.05, 4.69) is 26.6 Å². The van der Waals surface area contributed by atoms with Crippen molar-refractivity contribution in [3.8, 4) is 0 Å². The summed E-state index contributed by atoms with van der Waals surface area (Å²) in [5.41, 5.74) is 1.84. The molecule has 25 heavy (non-hydrogen) atoms. The van der Waals surface area contributed by atoms with Crippen LogP contribution in [0.15, 0.2) is 45.9 Å². The second-order valence-corrected chi connectivity index (χ2v) is 7.32. The number of carbonyl (C=O) groups excluding carboxylic acids is 3. The third-order valence-electron chi connectivity index (χ3n) is 3.47. The van der Waals surface area contributed by atoms with Crippen LogP contribution in [-0.2, 0) is 9.59 Å². The van der Waals surface area contributed by atoms with E-state index in [1.54, 1.807) is 18.2 Å². The monoisotopic (exact) mass is 419 g/mol. The Morgan fingerprint density at radius 2 is 2.04 bits per heavy atom. The SMILES string of the molecule is Cc1ccc(NC(=O)CN2C(=O)N/C(=C/c3cc(Br)cs3)C2=O)cc1. The number of amides is 4. The molecule has 3 rings (SSSR count).